The molecule has 21 heavy (non-hydrogen) atoms. The van der Waals surface area contributed by atoms with E-state index in [9.17, 15) is 18.0 Å². The van der Waals surface area contributed by atoms with Crippen LogP contribution in [-0.2, 0) is 4.79 Å². The lowest BCUT2D eigenvalue weighted by Gasteiger charge is -2.22. The lowest BCUT2D eigenvalue weighted by molar-refractivity contribution is -0.148. The predicted octanol–water partition coefficient (Wildman–Crippen LogP) is 2.53. The molecule has 0 aliphatic carbocycles. The molecule has 0 aliphatic rings. The second kappa shape index (κ2) is 8.21. The van der Waals surface area contributed by atoms with Crippen molar-refractivity contribution in [3.63, 3.8) is 0 Å². The van der Waals surface area contributed by atoms with E-state index in [-0.39, 0.29) is 19.6 Å². The number of carbonyl (C=O) groups excluding carboxylic acids is 1. The summed E-state index contributed by atoms with van der Waals surface area (Å²) < 4.78 is 37.2. The first-order chi connectivity index (χ1) is 9.80. The number of anilines is 1. The number of halogens is 4. The van der Waals surface area contributed by atoms with Crippen molar-refractivity contribution in [3.8, 4) is 0 Å². The van der Waals surface area contributed by atoms with Gasteiger partial charge in [-0.15, -0.1) is 0 Å². The molecule has 0 saturated carbocycles. The number of amides is 1. The van der Waals surface area contributed by atoms with E-state index in [0.717, 1.165) is 4.90 Å². The van der Waals surface area contributed by atoms with Crippen LogP contribution in [0.1, 0.15) is 6.42 Å². The van der Waals surface area contributed by atoms with Gasteiger partial charge in [-0.2, -0.15) is 13.2 Å². The number of hydrogen-bond acceptors (Lipinski definition) is 3. The second-order valence-corrected chi connectivity index (χ2v) is 4.90. The van der Waals surface area contributed by atoms with Crippen LogP contribution in [0.3, 0.4) is 0 Å². The van der Waals surface area contributed by atoms with Crippen LogP contribution >= 0.6 is 11.6 Å². The Kier molecular flexibility index (Phi) is 6.94. The normalized spacial score (nSPS) is 11.7. The molecule has 0 saturated heterocycles. The first-order valence-corrected chi connectivity index (χ1v) is 6.63. The number of aliphatic hydroxyl groups is 1. The van der Waals surface area contributed by atoms with Crippen molar-refractivity contribution in [2.45, 2.75) is 12.6 Å². The quantitative estimate of drug-likeness (QED) is 0.810. The molecule has 0 atom stereocenters. The molecule has 1 rings (SSSR count). The Morgan fingerprint density at radius 3 is 2.67 bits per heavy atom. The maximum Gasteiger partial charge on any atom is 0.401 e. The van der Waals surface area contributed by atoms with E-state index in [1.54, 1.807) is 18.2 Å². The zero-order valence-electron chi connectivity index (χ0n) is 11.2. The van der Waals surface area contributed by atoms with Crippen LogP contribution in [0.2, 0.25) is 5.02 Å². The largest absolute Gasteiger partial charge is 0.401 e. The molecule has 1 aromatic rings. The fraction of sp³-hybridized carbons (Fsp3) is 0.462. The molecule has 8 heteroatoms. The van der Waals surface area contributed by atoms with E-state index in [1.165, 1.54) is 6.07 Å². The molecular formula is C13H16ClF3N2O2. The van der Waals surface area contributed by atoms with Gasteiger partial charge in [-0.3, -0.25) is 9.69 Å². The van der Waals surface area contributed by atoms with Gasteiger partial charge in [-0.25, -0.2) is 0 Å². The lowest BCUT2D eigenvalue weighted by atomic mass is 10.3. The van der Waals surface area contributed by atoms with E-state index in [4.69, 9.17) is 16.7 Å². The smallest absolute Gasteiger partial charge is 0.396 e. The number of nitrogens with one attached hydrogen (secondary N) is 1. The lowest BCUT2D eigenvalue weighted by Crippen LogP contribution is -2.40. The number of benzene rings is 1. The van der Waals surface area contributed by atoms with Crippen LogP contribution in [0.4, 0.5) is 18.9 Å². The average molecular weight is 325 g/mol. The maximum absolute atomic E-state index is 12.4. The van der Waals surface area contributed by atoms with Gasteiger partial charge in [-0.1, -0.05) is 17.7 Å². The van der Waals surface area contributed by atoms with Gasteiger partial charge in [-0.05, 0) is 24.6 Å². The van der Waals surface area contributed by atoms with E-state index in [0.29, 0.717) is 10.7 Å². The number of nitrogens with zero attached hydrogens (tertiary/aromatic N) is 1. The topological polar surface area (TPSA) is 52.6 Å². The number of carbonyl (C=O) groups is 1. The summed E-state index contributed by atoms with van der Waals surface area (Å²) in [7, 11) is 0. The third kappa shape index (κ3) is 7.89. The predicted molar refractivity (Wildman–Crippen MR) is 74.3 cm³/mol. The van der Waals surface area contributed by atoms with Crippen molar-refractivity contribution in [2.24, 2.45) is 0 Å². The number of alkyl halides is 3. The van der Waals surface area contributed by atoms with E-state index >= 15 is 0 Å². The molecule has 0 spiro atoms. The van der Waals surface area contributed by atoms with Crippen molar-refractivity contribution < 1.29 is 23.1 Å². The highest BCUT2D eigenvalue weighted by atomic mass is 35.5. The van der Waals surface area contributed by atoms with Crippen LogP contribution in [0.15, 0.2) is 24.3 Å². The van der Waals surface area contributed by atoms with Gasteiger partial charge in [0.1, 0.15) is 0 Å². The van der Waals surface area contributed by atoms with Crippen LogP contribution < -0.4 is 5.32 Å². The Morgan fingerprint density at radius 1 is 1.38 bits per heavy atom. The number of aliphatic hydroxyl groups excluding tert-OH is 1. The molecule has 0 radical (unpaired) electrons. The van der Waals surface area contributed by atoms with Crippen molar-refractivity contribution >= 4 is 23.2 Å². The van der Waals surface area contributed by atoms with Crippen molar-refractivity contribution in [3.05, 3.63) is 29.3 Å². The zero-order valence-corrected chi connectivity index (χ0v) is 11.9. The SMILES string of the molecule is O=C(CN(CCCO)CC(F)(F)F)Nc1cccc(Cl)c1. The first-order valence-electron chi connectivity index (χ1n) is 6.25. The monoisotopic (exact) mass is 324 g/mol. The van der Waals surface area contributed by atoms with Gasteiger partial charge in [0.05, 0.1) is 13.1 Å². The molecule has 1 amide bonds. The Morgan fingerprint density at radius 2 is 2.10 bits per heavy atom. The van der Waals surface area contributed by atoms with Crippen LogP contribution in [0.25, 0.3) is 0 Å². The van der Waals surface area contributed by atoms with E-state index in [2.05, 4.69) is 5.32 Å². The third-order valence-corrected chi connectivity index (χ3v) is 2.75. The summed E-state index contributed by atoms with van der Waals surface area (Å²) in [6.07, 6.45) is -4.23. The Balaban J connectivity index is 2.58. The van der Waals surface area contributed by atoms with E-state index in [1.807, 2.05) is 0 Å². The standard InChI is InChI=1S/C13H16ClF3N2O2/c14-10-3-1-4-11(7-10)18-12(21)8-19(5-2-6-20)9-13(15,16)17/h1,3-4,7,20H,2,5-6,8-9H2,(H,18,21). The molecule has 0 aliphatic heterocycles. The molecule has 0 fully saturated rings. The fourth-order valence-electron chi connectivity index (χ4n) is 1.73. The zero-order chi connectivity index (χ0) is 15.9. The summed E-state index contributed by atoms with van der Waals surface area (Å²) in [5.74, 6) is -0.570. The van der Waals surface area contributed by atoms with Gasteiger partial charge in [0.15, 0.2) is 0 Å². The molecule has 0 bridgehead atoms. The third-order valence-electron chi connectivity index (χ3n) is 2.51. The minimum atomic E-state index is -4.40. The Bertz CT molecular complexity index is 469. The van der Waals surface area contributed by atoms with Gasteiger partial charge in [0, 0.05) is 23.9 Å². The minimum Gasteiger partial charge on any atom is -0.396 e. The number of rotatable bonds is 7. The van der Waals surface area contributed by atoms with Gasteiger partial charge < -0.3 is 10.4 Å². The fourth-order valence-corrected chi connectivity index (χ4v) is 1.92. The van der Waals surface area contributed by atoms with Crippen molar-refractivity contribution in [1.82, 2.24) is 4.90 Å². The summed E-state index contributed by atoms with van der Waals surface area (Å²) in [5.41, 5.74) is 0.418. The van der Waals surface area contributed by atoms with Gasteiger partial charge in [0.2, 0.25) is 5.91 Å². The molecule has 0 aromatic heterocycles. The van der Waals surface area contributed by atoms with Gasteiger partial charge >= 0.3 is 6.18 Å². The number of hydrogen-bond donors (Lipinski definition) is 2. The highest BCUT2D eigenvalue weighted by Crippen LogP contribution is 2.17. The molecule has 0 heterocycles. The molecule has 4 nitrogen and oxygen atoms in total. The van der Waals surface area contributed by atoms with Crippen molar-refractivity contribution in [2.75, 3.05) is 31.6 Å². The molecule has 118 valence electrons. The molecule has 2 N–H and O–H groups in total. The maximum atomic E-state index is 12.4. The highest BCUT2D eigenvalue weighted by Gasteiger charge is 2.31. The Hall–Kier alpha value is -1.31. The molecular weight excluding hydrogens is 309 g/mol. The summed E-state index contributed by atoms with van der Waals surface area (Å²) in [5, 5.41) is 11.6. The summed E-state index contributed by atoms with van der Waals surface area (Å²) in [6.45, 7) is -1.86. The van der Waals surface area contributed by atoms with Crippen LogP contribution in [-0.4, -0.2) is 48.3 Å². The molecule has 1 aromatic carbocycles. The van der Waals surface area contributed by atoms with Crippen molar-refractivity contribution in [1.29, 1.82) is 0 Å². The minimum absolute atomic E-state index is 0.0149. The summed E-state index contributed by atoms with van der Waals surface area (Å²) in [4.78, 5) is 12.7. The van der Waals surface area contributed by atoms with E-state index < -0.39 is 25.2 Å². The van der Waals surface area contributed by atoms with Crippen LogP contribution in [0.5, 0.6) is 0 Å². The average Bonchev–Trinajstić information content (AvgIpc) is 2.34. The Labute approximate surface area is 125 Å². The first kappa shape index (κ1) is 17.7. The second-order valence-electron chi connectivity index (χ2n) is 4.46. The van der Waals surface area contributed by atoms with Gasteiger partial charge in [0.25, 0.3) is 0 Å². The highest BCUT2D eigenvalue weighted by molar-refractivity contribution is 6.30. The summed E-state index contributed by atoms with van der Waals surface area (Å²) >= 11 is 5.75. The summed E-state index contributed by atoms with van der Waals surface area (Å²) in [6, 6.07) is 6.33. The van der Waals surface area contributed by atoms with Crippen LogP contribution in [0, 0.1) is 0 Å². The molecule has 0 unspecified atom stereocenters.